The van der Waals surface area contributed by atoms with E-state index in [-0.39, 0.29) is 35.8 Å². The van der Waals surface area contributed by atoms with E-state index in [2.05, 4.69) is 27.4 Å². The van der Waals surface area contributed by atoms with Crippen molar-refractivity contribution in [3.8, 4) is 5.75 Å². The van der Waals surface area contributed by atoms with Crippen LogP contribution >= 0.6 is 24.0 Å². The predicted octanol–water partition coefficient (Wildman–Crippen LogP) is 1.74. The molecular formula is C20H34IN5O2. The Morgan fingerprint density at radius 2 is 2.00 bits per heavy atom. The molecular weight excluding hydrogens is 469 g/mol. The Kier molecular flexibility index (Phi) is 11.9. The number of primary amides is 1. The number of halogens is 1. The van der Waals surface area contributed by atoms with Crippen molar-refractivity contribution >= 4 is 35.8 Å². The van der Waals surface area contributed by atoms with Crippen molar-refractivity contribution in [1.82, 2.24) is 15.5 Å². The van der Waals surface area contributed by atoms with Crippen molar-refractivity contribution in [3.63, 3.8) is 0 Å². The van der Waals surface area contributed by atoms with Crippen LogP contribution in [-0.4, -0.2) is 63.1 Å². The van der Waals surface area contributed by atoms with Gasteiger partial charge in [-0.25, -0.2) is 0 Å². The zero-order chi connectivity index (χ0) is 19.5. The number of amides is 1. The molecule has 1 saturated heterocycles. The smallest absolute Gasteiger partial charge is 0.221 e. The largest absolute Gasteiger partial charge is 0.492 e. The molecule has 28 heavy (non-hydrogen) atoms. The van der Waals surface area contributed by atoms with E-state index < -0.39 is 0 Å². The molecule has 2 rings (SSSR count). The topological polar surface area (TPSA) is 92.0 Å². The molecule has 1 aromatic rings. The second-order valence-electron chi connectivity index (χ2n) is 6.98. The number of likely N-dealkylation sites (tertiary alicyclic amines) is 1. The molecule has 0 radical (unpaired) electrons. The van der Waals surface area contributed by atoms with Crippen LogP contribution in [0.1, 0.15) is 24.8 Å². The van der Waals surface area contributed by atoms with Crippen molar-refractivity contribution in [2.24, 2.45) is 16.6 Å². The number of carbonyl (C=O) groups excluding carboxylic acids is 1. The first kappa shape index (κ1) is 24.5. The third-order valence-electron chi connectivity index (χ3n) is 4.76. The summed E-state index contributed by atoms with van der Waals surface area (Å²) in [5.74, 6) is 1.49. The Labute approximate surface area is 185 Å². The van der Waals surface area contributed by atoms with Crippen LogP contribution in [0.3, 0.4) is 0 Å². The van der Waals surface area contributed by atoms with Gasteiger partial charge in [0.2, 0.25) is 5.91 Å². The Morgan fingerprint density at radius 3 is 2.68 bits per heavy atom. The van der Waals surface area contributed by atoms with Crippen molar-refractivity contribution in [3.05, 3.63) is 29.8 Å². The van der Waals surface area contributed by atoms with E-state index in [9.17, 15) is 4.79 Å². The summed E-state index contributed by atoms with van der Waals surface area (Å²) in [6.45, 7) is 6.95. The number of benzene rings is 1. The molecule has 8 heteroatoms. The van der Waals surface area contributed by atoms with E-state index in [1.165, 1.54) is 5.56 Å². The zero-order valence-electron chi connectivity index (χ0n) is 16.9. The molecule has 0 aromatic heterocycles. The molecule has 0 spiro atoms. The Bertz CT molecular complexity index is 609. The summed E-state index contributed by atoms with van der Waals surface area (Å²) in [7, 11) is 1.76. The molecule has 1 aliphatic rings. The highest BCUT2D eigenvalue weighted by Gasteiger charge is 2.23. The molecule has 1 aromatic carbocycles. The highest BCUT2D eigenvalue weighted by Crippen LogP contribution is 2.15. The number of nitrogens with two attached hydrogens (primary N) is 1. The van der Waals surface area contributed by atoms with Gasteiger partial charge < -0.3 is 26.0 Å². The fourth-order valence-corrected chi connectivity index (χ4v) is 3.19. The molecule has 158 valence electrons. The Morgan fingerprint density at radius 1 is 1.29 bits per heavy atom. The lowest BCUT2D eigenvalue weighted by atomic mass is 9.97. The van der Waals surface area contributed by atoms with Crippen molar-refractivity contribution in [2.75, 3.05) is 46.4 Å². The number of aryl methyl sites for hydroxylation is 1. The summed E-state index contributed by atoms with van der Waals surface area (Å²) in [6.07, 6.45) is 2.96. The van der Waals surface area contributed by atoms with Gasteiger partial charge in [0.25, 0.3) is 0 Å². The number of ether oxygens (including phenoxy) is 1. The highest BCUT2D eigenvalue weighted by molar-refractivity contribution is 14.0. The van der Waals surface area contributed by atoms with Crippen LogP contribution in [0.15, 0.2) is 29.3 Å². The standard InChI is InChI=1S/C20H33N5O2.HI/c1-16-6-8-18(9-7-16)27-14-11-24-20(22-2)23-10-4-13-25-12-3-5-17(15-25)19(21)26;/h6-9,17H,3-5,10-15H2,1-2H3,(H2,21,26)(H2,22,23,24);1H. The fraction of sp³-hybridized carbons (Fsp3) is 0.600. The van der Waals surface area contributed by atoms with Crippen LogP contribution < -0.4 is 21.1 Å². The van der Waals surface area contributed by atoms with Crippen molar-refractivity contribution in [2.45, 2.75) is 26.2 Å². The number of hydrogen-bond acceptors (Lipinski definition) is 4. The monoisotopic (exact) mass is 503 g/mol. The van der Waals surface area contributed by atoms with Gasteiger partial charge in [-0.15, -0.1) is 24.0 Å². The average molecular weight is 503 g/mol. The number of piperidine rings is 1. The lowest BCUT2D eigenvalue weighted by Gasteiger charge is -2.31. The number of nitrogens with zero attached hydrogens (tertiary/aromatic N) is 2. The molecule has 1 atom stereocenters. The molecule has 1 fully saturated rings. The molecule has 1 amide bonds. The first-order chi connectivity index (χ1) is 13.1. The normalized spacial score (nSPS) is 17.5. The van der Waals surface area contributed by atoms with Crippen LogP contribution in [0.5, 0.6) is 5.75 Å². The van der Waals surface area contributed by atoms with Gasteiger partial charge in [0.15, 0.2) is 5.96 Å². The van der Waals surface area contributed by atoms with Crippen molar-refractivity contribution in [1.29, 1.82) is 0 Å². The Hall–Kier alpha value is -1.55. The maximum Gasteiger partial charge on any atom is 0.221 e. The van der Waals surface area contributed by atoms with Crippen LogP contribution in [0.25, 0.3) is 0 Å². The number of nitrogens with one attached hydrogen (secondary N) is 2. The first-order valence-electron chi connectivity index (χ1n) is 9.74. The van der Waals surface area contributed by atoms with Crippen molar-refractivity contribution < 1.29 is 9.53 Å². The van der Waals surface area contributed by atoms with E-state index in [0.29, 0.717) is 13.2 Å². The second-order valence-corrected chi connectivity index (χ2v) is 6.98. The molecule has 0 aliphatic carbocycles. The fourth-order valence-electron chi connectivity index (χ4n) is 3.19. The van der Waals surface area contributed by atoms with Gasteiger partial charge >= 0.3 is 0 Å². The van der Waals surface area contributed by atoms with Gasteiger partial charge in [-0.05, 0) is 51.4 Å². The SMILES string of the molecule is CN=C(NCCCN1CCCC(C(N)=O)C1)NCCOc1ccc(C)cc1.I. The average Bonchev–Trinajstić information content (AvgIpc) is 2.68. The minimum Gasteiger partial charge on any atom is -0.492 e. The van der Waals surface area contributed by atoms with E-state index in [4.69, 9.17) is 10.5 Å². The molecule has 0 saturated carbocycles. The molecule has 1 unspecified atom stereocenters. The van der Waals surface area contributed by atoms with E-state index >= 15 is 0 Å². The lowest BCUT2D eigenvalue weighted by Crippen LogP contribution is -2.43. The number of rotatable bonds is 9. The van der Waals surface area contributed by atoms with Crippen LogP contribution in [0.4, 0.5) is 0 Å². The minimum atomic E-state index is -0.171. The van der Waals surface area contributed by atoms with Crippen LogP contribution in [-0.2, 0) is 4.79 Å². The number of aliphatic imine (C=N–C) groups is 1. The minimum absolute atomic E-state index is 0. The molecule has 4 N–H and O–H groups in total. The first-order valence-corrected chi connectivity index (χ1v) is 9.74. The molecule has 1 heterocycles. The highest BCUT2D eigenvalue weighted by atomic mass is 127. The maximum atomic E-state index is 11.3. The third-order valence-corrected chi connectivity index (χ3v) is 4.76. The van der Waals surface area contributed by atoms with Gasteiger partial charge in [0.05, 0.1) is 12.5 Å². The number of carbonyl (C=O) groups is 1. The number of guanidine groups is 1. The van der Waals surface area contributed by atoms with E-state index in [0.717, 1.165) is 57.2 Å². The maximum absolute atomic E-state index is 11.3. The summed E-state index contributed by atoms with van der Waals surface area (Å²) in [4.78, 5) is 17.9. The van der Waals surface area contributed by atoms with Crippen LogP contribution in [0, 0.1) is 12.8 Å². The zero-order valence-corrected chi connectivity index (χ0v) is 19.3. The van der Waals surface area contributed by atoms with Gasteiger partial charge in [-0.1, -0.05) is 17.7 Å². The number of hydrogen-bond donors (Lipinski definition) is 3. The summed E-state index contributed by atoms with van der Waals surface area (Å²) < 4.78 is 5.70. The summed E-state index contributed by atoms with van der Waals surface area (Å²) in [5, 5.41) is 6.56. The summed E-state index contributed by atoms with van der Waals surface area (Å²) in [6, 6.07) is 8.03. The van der Waals surface area contributed by atoms with Gasteiger partial charge in [0, 0.05) is 20.1 Å². The quantitative estimate of drug-likeness (QED) is 0.207. The molecule has 7 nitrogen and oxygen atoms in total. The van der Waals surface area contributed by atoms with Gasteiger partial charge in [0.1, 0.15) is 12.4 Å². The summed E-state index contributed by atoms with van der Waals surface area (Å²) in [5.41, 5.74) is 6.65. The van der Waals surface area contributed by atoms with E-state index in [1.54, 1.807) is 7.05 Å². The molecule has 1 aliphatic heterocycles. The molecule has 0 bridgehead atoms. The van der Waals surface area contributed by atoms with E-state index in [1.807, 2.05) is 24.3 Å². The second kappa shape index (κ2) is 13.6. The summed E-state index contributed by atoms with van der Waals surface area (Å²) >= 11 is 0. The van der Waals surface area contributed by atoms with Gasteiger partial charge in [-0.2, -0.15) is 0 Å². The van der Waals surface area contributed by atoms with Gasteiger partial charge in [-0.3, -0.25) is 9.79 Å². The van der Waals surface area contributed by atoms with Crippen LogP contribution in [0.2, 0.25) is 0 Å². The predicted molar refractivity (Wildman–Crippen MR) is 124 cm³/mol. The Balaban J connectivity index is 0.00000392. The third kappa shape index (κ3) is 9.09. The lowest BCUT2D eigenvalue weighted by molar-refractivity contribution is -0.123.